The van der Waals surface area contributed by atoms with Gasteiger partial charge in [-0.2, -0.15) is 0 Å². The molecule has 0 unspecified atom stereocenters. The zero-order valence-electron chi connectivity index (χ0n) is 13.5. The quantitative estimate of drug-likeness (QED) is 0.774. The van der Waals surface area contributed by atoms with Gasteiger partial charge in [0.1, 0.15) is 0 Å². The van der Waals surface area contributed by atoms with Crippen LogP contribution in [0.1, 0.15) is 11.4 Å². The Morgan fingerprint density at radius 1 is 0.760 bits per heavy atom. The van der Waals surface area contributed by atoms with E-state index < -0.39 is 0 Å². The molecule has 25 heavy (non-hydrogen) atoms. The second kappa shape index (κ2) is 5.73. The number of hydrogen-bond acceptors (Lipinski definition) is 5. The van der Waals surface area contributed by atoms with Crippen molar-refractivity contribution in [3.63, 3.8) is 0 Å². The first-order chi connectivity index (χ1) is 12.3. The lowest BCUT2D eigenvalue weighted by Crippen LogP contribution is -2.22. The smallest absolute Gasteiger partial charge is 0.212 e. The molecule has 8 bridgehead atoms. The third-order valence-corrected chi connectivity index (χ3v) is 4.12. The maximum Gasteiger partial charge on any atom is 0.212 e. The standard InChI is InChI=1S/C19H16N6/c1-2-16-10-22-6-8-24(14-22)12-18-4-5-19(21-18)13-25-9-7-23(15-25)11-17(3-1)20-16/h1-9,12-13,21H,10-11H2/b18-12-,19-13-. The van der Waals surface area contributed by atoms with E-state index in [-0.39, 0.29) is 0 Å². The van der Waals surface area contributed by atoms with Crippen molar-refractivity contribution >= 4 is 12.4 Å². The average molecular weight is 328 g/mol. The molecule has 0 aliphatic carbocycles. The van der Waals surface area contributed by atoms with E-state index >= 15 is 0 Å². The van der Waals surface area contributed by atoms with Crippen molar-refractivity contribution in [3.05, 3.63) is 90.6 Å². The van der Waals surface area contributed by atoms with Crippen LogP contribution in [-0.2, 0) is 13.1 Å². The van der Waals surface area contributed by atoms with Gasteiger partial charge in [-0.15, -0.1) is 0 Å². The summed E-state index contributed by atoms with van der Waals surface area (Å²) in [5.41, 5.74) is 2.02. The number of pyridine rings is 1. The fraction of sp³-hybridized carbons (Fsp3) is 0.105. The van der Waals surface area contributed by atoms with Crippen molar-refractivity contribution in [3.8, 4) is 0 Å². The molecule has 5 heterocycles. The van der Waals surface area contributed by atoms with E-state index in [1.165, 1.54) is 0 Å². The van der Waals surface area contributed by atoms with E-state index in [1.54, 1.807) is 0 Å². The molecule has 0 saturated carbocycles. The third-order valence-electron chi connectivity index (χ3n) is 4.12. The van der Waals surface area contributed by atoms with Gasteiger partial charge in [-0.25, -0.2) is 0 Å². The Morgan fingerprint density at radius 3 is 1.88 bits per heavy atom. The monoisotopic (exact) mass is 328 g/mol. The maximum atomic E-state index is 4.75. The highest BCUT2D eigenvalue weighted by atomic mass is 15.3. The van der Waals surface area contributed by atoms with E-state index in [0.717, 1.165) is 22.1 Å². The summed E-state index contributed by atoms with van der Waals surface area (Å²) in [7, 11) is 0. The summed E-state index contributed by atoms with van der Waals surface area (Å²) in [6.45, 7) is 7.97. The Balaban J connectivity index is 1.53. The van der Waals surface area contributed by atoms with E-state index in [0.29, 0.717) is 13.1 Å². The predicted octanol–water partition coefficient (Wildman–Crippen LogP) is 0.770. The Kier molecular flexibility index (Phi) is 3.26. The molecular formula is C19H16N6. The van der Waals surface area contributed by atoms with E-state index in [1.807, 2.05) is 87.1 Å². The van der Waals surface area contributed by atoms with Gasteiger partial charge in [0.15, 0.2) is 0 Å². The van der Waals surface area contributed by atoms with Gasteiger partial charge < -0.3 is 24.6 Å². The molecule has 6 nitrogen and oxygen atoms in total. The van der Waals surface area contributed by atoms with Crippen LogP contribution in [0.2, 0.25) is 0 Å². The van der Waals surface area contributed by atoms with Crippen LogP contribution in [-0.4, -0.2) is 29.6 Å². The number of rotatable bonds is 0. The first-order valence-corrected chi connectivity index (χ1v) is 8.13. The van der Waals surface area contributed by atoms with Gasteiger partial charge >= 0.3 is 0 Å². The molecule has 2 aromatic heterocycles. The van der Waals surface area contributed by atoms with Gasteiger partial charge in [-0.3, -0.25) is 4.98 Å². The highest BCUT2D eigenvalue weighted by molar-refractivity contribution is 5.29. The summed E-state index contributed by atoms with van der Waals surface area (Å²) in [6, 6.07) is 10.2. The Bertz CT molecular complexity index is 885. The van der Waals surface area contributed by atoms with Gasteiger partial charge in [0, 0.05) is 37.2 Å². The first kappa shape index (κ1) is 14.2. The second-order valence-corrected chi connectivity index (χ2v) is 6.11. The normalized spacial score (nSPS) is 21.3. The number of nitrogens with one attached hydrogen (secondary N) is 1. The summed E-state index contributed by atoms with van der Waals surface area (Å²) in [5, 5.41) is 2.02. The van der Waals surface area contributed by atoms with Gasteiger partial charge in [-0.05, 0) is 24.3 Å². The van der Waals surface area contributed by atoms with Crippen LogP contribution in [0.3, 0.4) is 0 Å². The number of fused-ring (bicyclic) bond motifs is 8. The molecule has 0 spiro atoms. The van der Waals surface area contributed by atoms with Crippen LogP contribution in [0.4, 0.5) is 0 Å². The molecule has 5 rings (SSSR count). The summed E-state index contributed by atoms with van der Waals surface area (Å²) >= 11 is 0. The minimum Gasteiger partial charge on any atom is -0.353 e. The molecule has 3 aliphatic heterocycles. The fourth-order valence-corrected chi connectivity index (χ4v) is 2.99. The average Bonchev–Trinajstić information content (AvgIpc) is 3.31. The lowest BCUT2D eigenvalue weighted by atomic mass is 10.3. The first-order valence-electron chi connectivity index (χ1n) is 8.13. The zero-order valence-corrected chi connectivity index (χ0v) is 13.5. The lowest BCUT2D eigenvalue weighted by molar-refractivity contribution is 0.387. The molecule has 4 radical (unpaired) electrons. The van der Waals surface area contributed by atoms with Crippen LogP contribution < -0.4 is 10.7 Å². The van der Waals surface area contributed by atoms with Gasteiger partial charge in [-0.1, -0.05) is 6.07 Å². The summed E-state index contributed by atoms with van der Waals surface area (Å²) in [6.07, 6.45) is 12.0. The minimum absolute atomic E-state index is 0.688. The van der Waals surface area contributed by atoms with E-state index in [4.69, 9.17) is 4.98 Å². The lowest BCUT2D eigenvalue weighted by Gasteiger charge is -2.18. The van der Waals surface area contributed by atoms with Crippen LogP contribution in [0.5, 0.6) is 0 Å². The van der Waals surface area contributed by atoms with Gasteiger partial charge in [0.2, 0.25) is 13.3 Å². The minimum atomic E-state index is 0.688. The molecule has 0 saturated heterocycles. The molecule has 0 atom stereocenters. The van der Waals surface area contributed by atoms with Gasteiger partial charge in [0.25, 0.3) is 0 Å². The van der Waals surface area contributed by atoms with Crippen molar-refractivity contribution in [2.45, 2.75) is 13.1 Å². The molecule has 3 aliphatic rings. The Labute approximate surface area is 146 Å². The number of aromatic nitrogens is 2. The van der Waals surface area contributed by atoms with Crippen molar-refractivity contribution in [2.75, 3.05) is 0 Å². The molecule has 0 amide bonds. The Hall–Kier alpha value is -3.15. The van der Waals surface area contributed by atoms with Crippen molar-refractivity contribution in [1.82, 2.24) is 29.6 Å². The highest BCUT2D eigenvalue weighted by Gasteiger charge is 2.16. The van der Waals surface area contributed by atoms with Crippen molar-refractivity contribution in [1.29, 1.82) is 0 Å². The van der Waals surface area contributed by atoms with E-state index in [2.05, 4.69) is 18.3 Å². The fourth-order valence-electron chi connectivity index (χ4n) is 2.99. The molecular weight excluding hydrogens is 312 g/mol. The zero-order chi connectivity index (χ0) is 16.6. The number of aromatic amines is 1. The molecule has 0 aromatic carbocycles. The van der Waals surface area contributed by atoms with Crippen molar-refractivity contribution < 1.29 is 0 Å². The van der Waals surface area contributed by atoms with Crippen LogP contribution in [0, 0.1) is 13.3 Å². The SMILES string of the molecule is [C]1N2C=CN1Cc1cccc(n1)CN1[C]N(C=C1)/C=c1/cc/c([nH]1)=C/2. The molecule has 122 valence electrons. The molecule has 2 aromatic rings. The largest absolute Gasteiger partial charge is 0.353 e. The van der Waals surface area contributed by atoms with Crippen LogP contribution in [0.15, 0.2) is 55.1 Å². The van der Waals surface area contributed by atoms with E-state index in [9.17, 15) is 0 Å². The summed E-state index contributed by atoms with van der Waals surface area (Å²) < 4.78 is 0. The summed E-state index contributed by atoms with van der Waals surface area (Å²) in [5.74, 6) is 0. The number of nitrogens with zero attached hydrogens (tertiary/aromatic N) is 5. The molecule has 0 fully saturated rings. The topological polar surface area (TPSA) is 41.6 Å². The number of H-pyrrole nitrogens is 1. The second-order valence-electron chi connectivity index (χ2n) is 6.11. The van der Waals surface area contributed by atoms with Crippen molar-refractivity contribution in [2.24, 2.45) is 0 Å². The molecule has 6 heteroatoms. The maximum absolute atomic E-state index is 4.75. The Morgan fingerprint density at radius 2 is 1.32 bits per heavy atom. The number of hydrogen-bond donors (Lipinski definition) is 1. The third kappa shape index (κ3) is 2.98. The predicted molar refractivity (Wildman–Crippen MR) is 92.7 cm³/mol. The van der Waals surface area contributed by atoms with Crippen LogP contribution in [0.25, 0.3) is 12.4 Å². The summed E-state index contributed by atoms with van der Waals surface area (Å²) in [4.78, 5) is 16.0. The van der Waals surface area contributed by atoms with Gasteiger partial charge in [0.05, 0.1) is 35.2 Å². The van der Waals surface area contributed by atoms with Crippen LogP contribution >= 0.6 is 0 Å². The highest BCUT2D eigenvalue weighted by Crippen LogP contribution is 2.17. The molecule has 1 N–H and O–H groups in total.